The van der Waals surface area contributed by atoms with Gasteiger partial charge in [0.05, 0.1) is 7.11 Å². The van der Waals surface area contributed by atoms with Gasteiger partial charge >= 0.3 is 5.97 Å². The molecular formula is C20H26N4O4. The van der Waals surface area contributed by atoms with Crippen molar-refractivity contribution in [2.24, 2.45) is 0 Å². The molecule has 1 amide bonds. The van der Waals surface area contributed by atoms with Gasteiger partial charge in [-0.3, -0.25) is 4.79 Å². The van der Waals surface area contributed by atoms with Crippen LogP contribution in [0, 0.1) is 13.8 Å². The number of nitrogens with zero attached hydrogens (tertiary/aromatic N) is 2. The number of carbonyl (C=O) groups excluding carboxylic acids is 2. The van der Waals surface area contributed by atoms with Crippen molar-refractivity contribution in [3.05, 3.63) is 47.3 Å². The van der Waals surface area contributed by atoms with Gasteiger partial charge in [-0.2, -0.15) is 0 Å². The van der Waals surface area contributed by atoms with E-state index in [-0.39, 0.29) is 24.5 Å². The molecule has 1 aromatic carbocycles. The smallest absolute Gasteiger partial charge is 0.328 e. The van der Waals surface area contributed by atoms with Gasteiger partial charge in [0, 0.05) is 30.8 Å². The highest BCUT2D eigenvalue weighted by Gasteiger charge is 2.21. The minimum absolute atomic E-state index is 0.141. The van der Waals surface area contributed by atoms with Crippen LogP contribution in [0.4, 0.5) is 5.95 Å². The molecule has 2 aromatic rings. The molecular weight excluding hydrogens is 360 g/mol. The number of aryl methyl sites for hydroxylation is 2. The average molecular weight is 386 g/mol. The molecule has 0 bridgehead atoms. The van der Waals surface area contributed by atoms with Gasteiger partial charge < -0.3 is 20.5 Å². The molecule has 150 valence electrons. The fourth-order valence-corrected chi connectivity index (χ4v) is 2.72. The number of esters is 1. The summed E-state index contributed by atoms with van der Waals surface area (Å²) in [4.78, 5) is 32.8. The number of amides is 1. The topological polar surface area (TPSA) is 113 Å². The molecule has 1 atom stereocenters. The van der Waals surface area contributed by atoms with Crippen molar-refractivity contribution in [1.82, 2.24) is 15.3 Å². The zero-order valence-electron chi connectivity index (χ0n) is 16.4. The van der Waals surface area contributed by atoms with Crippen molar-refractivity contribution in [3.63, 3.8) is 0 Å². The molecule has 3 N–H and O–H groups in total. The monoisotopic (exact) mass is 386 g/mol. The van der Waals surface area contributed by atoms with Crippen LogP contribution in [0.15, 0.2) is 30.3 Å². The van der Waals surface area contributed by atoms with Gasteiger partial charge in [0.25, 0.3) is 0 Å². The number of aromatic nitrogens is 2. The lowest BCUT2D eigenvalue weighted by Gasteiger charge is -2.17. The van der Waals surface area contributed by atoms with E-state index in [0.29, 0.717) is 18.9 Å². The van der Waals surface area contributed by atoms with E-state index in [1.165, 1.54) is 19.2 Å². The summed E-state index contributed by atoms with van der Waals surface area (Å²) in [7, 11) is 1.28. The molecule has 0 aliphatic rings. The lowest BCUT2D eigenvalue weighted by Crippen LogP contribution is -2.43. The fraction of sp³-hybridized carbons (Fsp3) is 0.400. The second-order valence-corrected chi connectivity index (χ2v) is 6.52. The van der Waals surface area contributed by atoms with Gasteiger partial charge in [-0.25, -0.2) is 14.8 Å². The third kappa shape index (κ3) is 6.86. The van der Waals surface area contributed by atoms with E-state index in [1.54, 1.807) is 12.1 Å². The summed E-state index contributed by atoms with van der Waals surface area (Å²) in [6.45, 7) is 4.33. The Bertz CT molecular complexity index is 788. The highest BCUT2D eigenvalue weighted by atomic mass is 16.5. The Morgan fingerprint density at radius 1 is 1.14 bits per heavy atom. The zero-order chi connectivity index (χ0) is 20.5. The summed E-state index contributed by atoms with van der Waals surface area (Å²) < 4.78 is 4.78. The number of methoxy groups -OCH3 is 1. The third-order valence-corrected chi connectivity index (χ3v) is 4.04. The maximum Gasteiger partial charge on any atom is 0.328 e. The number of nitrogens with one attached hydrogen (secondary N) is 2. The van der Waals surface area contributed by atoms with E-state index in [2.05, 4.69) is 20.6 Å². The molecule has 1 unspecified atom stereocenters. The maximum absolute atomic E-state index is 12.2. The van der Waals surface area contributed by atoms with Gasteiger partial charge in [0.15, 0.2) is 0 Å². The molecule has 8 heteroatoms. The maximum atomic E-state index is 12.2. The Morgan fingerprint density at radius 3 is 2.39 bits per heavy atom. The van der Waals surface area contributed by atoms with Crippen LogP contribution in [-0.2, 0) is 20.7 Å². The molecule has 0 fully saturated rings. The standard InChI is InChI=1S/C20H26N4O4/c1-13-11-14(2)23-20(22-13)21-10-4-5-18(26)24-17(19(27)28-3)12-15-6-8-16(25)9-7-15/h6-9,11,17,25H,4-5,10,12H2,1-3H3,(H,24,26)(H,21,22,23). The van der Waals surface area contributed by atoms with Crippen LogP contribution in [0.1, 0.15) is 29.8 Å². The minimum atomic E-state index is -0.780. The number of ether oxygens (including phenoxy) is 1. The molecule has 0 saturated heterocycles. The largest absolute Gasteiger partial charge is 0.508 e. The Morgan fingerprint density at radius 2 is 1.79 bits per heavy atom. The summed E-state index contributed by atoms with van der Waals surface area (Å²) >= 11 is 0. The van der Waals surface area contributed by atoms with Gasteiger partial charge in [-0.05, 0) is 44.0 Å². The summed E-state index contributed by atoms with van der Waals surface area (Å²) in [5.41, 5.74) is 2.56. The summed E-state index contributed by atoms with van der Waals surface area (Å²) in [6, 6.07) is 7.58. The van der Waals surface area contributed by atoms with Crippen LogP contribution in [-0.4, -0.2) is 46.6 Å². The average Bonchev–Trinajstić information content (AvgIpc) is 2.65. The lowest BCUT2D eigenvalue weighted by molar-refractivity contribution is -0.145. The molecule has 1 heterocycles. The Balaban J connectivity index is 1.82. The van der Waals surface area contributed by atoms with Crippen molar-refractivity contribution in [2.75, 3.05) is 19.0 Å². The number of phenols is 1. The lowest BCUT2D eigenvalue weighted by atomic mass is 10.1. The first-order valence-corrected chi connectivity index (χ1v) is 9.08. The van der Waals surface area contributed by atoms with E-state index < -0.39 is 12.0 Å². The first-order chi connectivity index (χ1) is 13.4. The van der Waals surface area contributed by atoms with Gasteiger partial charge in [0.1, 0.15) is 11.8 Å². The van der Waals surface area contributed by atoms with Crippen LogP contribution in [0.5, 0.6) is 5.75 Å². The highest BCUT2D eigenvalue weighted by Crippen LogP contribution is 2.12. The zero-order valence-corrected chi connectivity index (χ0v) is 16.4. The first-order valence-electron chi connectivity index (χ1n) is 9.08. The second kappa shape index (κ2) is 10.2. The summed E-state index contributed by atoms with van der Waals surface area (Å²) in [5, 5.41) is 15.2. The number of anilines is 1. The van der Waals surface area contributed by atoms with E-state index >= 15 is 0 Å². The molecule has 0 aliphatic carbocycles. The van der Waals surface area contributed by atoms with Gasteiger partial charge in [-0.15, -0.1) is 0 Å². The molecule has 2 rings (SSSR count). The van der Waals surface area contributed by atoms with Crippen LogP contribution in [0.3, 0.4) is 0 Å². The molecule has 0 saturated carbocycles. The van der Waals surface area contributed by atoms with Gasteiger partial charge in [-0.1, -0.05) is 12.1 Å². The number of rotatable bonds is 9. The predicted octanol–water partition coefficient (Wildman–Crippen LogP) is 1.89. The molecule has 0 aliphatic heterocycles. The molecule has 1 aromatic heterocycles. The molecule has 0 spiro atoms. The van der Waals surface area contributed by atoms with Crippen molar-refractivity contribution in [3.8, 4) is 5.75 Å². The fourth-order valence-electron chi connectivity index (χ4n) is 2.72. The van der Waals surface area contributed by atoms with E-state index in [4.69, 9.17) is 4.74 Å². The quantitative estimate of drug-likeness (QED) is 0.445. The normalized spacial score (nSPS) is 11.5. The molecule has 0 radical (unpaired) electrons. The number of aromatic hydroxyl groups is 1. The summed E-state index contributed by atoms with van der Waals surface area (Å²) in [5.74, 6) is -0.0686. The Kier molecular flexibility index (Phi) is 7.74. The third-order valence-electron chi connectivity index (χ3n) is 4.04. The minimum Gasteiger partial charge on any atom is -0.508 e. The van der Waals surface area contributed by atoms with E-state index in [9.17, 15) is 14.7 Å². The van der Waals surface area contributed by atoms with E-state index in [1.807, 2.05) is 19.9 Å². The van der Waals surface area contributed by atoms with Crippen molar-refractivity contribution < 1.29 is 19.4 Å². The number of carbonyl (C=O) groups is 2. The van der Waals surface area contributed by atoms with Crippen LogP contribution in [0.2, 0.25) is 0 Å². The Hall–Kier alpha value is -3.16. The van der Waals surface area contributed by atoms with Gasteiger partial charge in [0.2, 0.25) is 11.9 Å². The van der Waals surface area contributed by atoms with Crippen molar-refractivity contribution in [1.29, 1.82) is 0 Å². The van der Waals surface area contributed by atoms with Crippen molar-refractivity contribution in [2.45, 2.75) is 39.2 Å². The van der Waals surface area contributed by atoms with Crippen LogP contribution < -0.4 is 10.6 Å². The van der Waals surface area contributed by atoms with Crippen LogP contribution >= 0.6 is 0 Å². The van der Waals surface area contributed by atoms with Crippen molar-refractivity contribution >= 4 is 17.8 Å². The summed E-state index contributed by atoms with van der Waals surface area (Å²) in [6.07, 6.45) is 1.10. The first kappa shape index (κ1) is 21.1. The SMILES string of the molecule is COC(=O)C(Cc1ccc(O)cc1)NC(=O)CCCNc1nc(C)cc(C)n1. The Labute approximate surface area is 164 Å². The van der Waals surface area contributed by atoms with E-state index in [0.717, 1.165) is 17.0 Å². The molecule has 8 nitrogen and oxygen atoms in total. The number of hydrogen-bond donors (Lipinski definition) is 3. The predicted molar refractivity (Wildman–Crippen MR) is 105 cm³/mol. The second-order valence-electron chi connectivity index (χ2n) is 6.52. The number of phenolic OH excluding ortho intramolecular Hbond substituents is 1. The number of benzene rings is 1. The molecule has 28 heavy (non-hydrogen) atoms. The highest BCUT2D eigenvalue weighted by molar-refractivity contribution is 5.84. The van der Waals surface area contributed by atoms with Crippen LogP contribution in [0.25, 0.3) is 0 Å². The number of hydrogen-bond acceptors (Lipinski definition) is 7.